The van der Waals surface area contributed by atoms with E-state index in [2.05, 4.69) is 6.07 Å². The number of hydrogen-bond donors (Lipinski definition) is 0. The molecule has 0 fully saturated rings. The van der Waals surface area contributed by atoms with Crippen molar-refractivity contribution in [1.82, 2.24) is 4.90 Å². The van der Waals surface area contributed by atoms with Crippen molar-refractivity contribution in [2.75, 3.05) is 14.1 Å². The van der Waals surface area contributed by atoms with Gasteiger partial charge in [-0.3, -0.25) is 0 Å². The normalized spacial score (nSPS) is 9.44. The summed E-state index contributed by atoms with van der Waals surface area (Å²) in [4.78, 5) is 1.96. The molecule has 0 spiro atoms. The van der Waals surface area contributed by atoms with Crippen LogP contribution >= 0.6 is 0 Å². The smallest absolute Gasteiger partial charge is 0.0625 e. The maximum absolute atomic E-state index is 8.13. The van der Waals surface area contributed by atoms with Crippen LogP contribution in [0.15, 0.2) is 12.3 Å². The van der Waals surface area contributed by atoms with E-state index in [0.29, 0.717) is 6.42 Å². The van der Waals surface area contributed by atoms with Crippen LogP contribution in [0.2, 0.25) is 0 Å². The Morgan fingerprint density at radius 2 is 2.22 bits per heavy atom. The number of unbranched alkanes of at least 4 members (excludes halogenated alkanes) is 1. The van der Waals surface area contributed by atoms with Gasteiger partial charge in [0, 0.05) is 20.5 Å². The van der Waals surface area contributed by atoms with Crippen molar-refractivity contribution in [2.45, 2.75) is 12.8 Å². The van der Waals surface area contributed by atoms with Gasteiger partial charge in [-0.2, -0.15) is 5.26 Å². The molecule has 0 radical (unpaired) electrons. The maximum Gasteiger partial charge on any atom is 0.0625 e. The van der Waals surface area contributed by atoms with Gasteiger partial charge in [0.05, 0.1) is 6.07 Å². The zero-order chi connectivity index (χ0) is 7.11. The van der Waals surface area contributed by atoms with Gasteiger partial charge in [-0.05, 0) is 12.6 Å². The van der Waals surface area contributed by atoms with Crippen molar-refractivity contribution in [3.05, 3.63) is 12.3 Å². The Bertz CT molecular complexity index is 119. The lowest BCUT2D eigenvalue weighted by atomic mass is 10.3. The molecule has 0 amide bonds. The Hall–Kier alpha value is -0.970. The zero-order valence-corrected chi connectivity index (χ0v) is 5.96. The summed E-state index contributed by atoms with van der Waals surface area (Å²) < 4.78 is 0. The second-order valence-corrected chi connectivity index (χ2v) is 2.05. The second-order valence-electron chi connectivity index (χ2n) is 2.05. The molecule has 0 saturated heterocycles. The van der Waals surface area contributed by atoms with Gasteiger partial charge in [-0.1, -0.05) is 6.08 Å². The van der Waals surface area contributed by atoms with Crippen LogP contribution < -0.4 is 0 Å². The Labute approximate surface area is 56.4 Å². The highest BCUT2D eigenvalue weighted by atomic mass is 15.0. The van der Waals surface area contributed by atoms with Crippen molar-refractivity contribution in [3.63, 3.8) is 0 Å². The van der Waals surface area contributed by atoms with Gasteiger partial charge >= 0.3 is 0 Å². The molecule has 0 aliphatic heterocycles. The first-order chi connectivity index (χ1) is 4.27. The summed E-state index contributed by atoms with van der Waals surface area (Å²) in [6, 6.07) is 2.07. The molecule has 0 aromatic carbocycles. The molecule has 0 saturated carbocycles. The minimum atomic E-state index is 0.615. The lowest BCUT2D eigenvalue weighted by molar-refractivity contribution is 0.561. The fraction of sp³-hybridized carbons (Fsp3) is 0.571. The van der Waals surface area contributed by atoms with E-state index in [1.54, 1.807) is 0 Å². The third kappa shape index (κ3) is 7.03. The van der Waals surface area contributed by atoms with Crippen LogP contribution in [-0.2, 0) is 0 Å². The number of allylic oxidation sites excluding steroid dienone is 1. The van der Waals surface area contributed by atoms with Crippen molar-refractivity contribution in [2.24, 2.45) is 0 Å². The van der Waals surface area contributed by atoms with Crippen molar-refractivity contribution in [1.29, 1.82) is 5.26 Å². The molecular weight excluding hydrogens is 112 g/mol. The predicted molar refractivity (Wildman–Crippen MR) is 37.7 cm³/mol. The van der Waals surface area contributed by atoms with Gasteiger partial charge in [-0.25, -0.2) is 0 Å². The first-order valence-corrected chi connectivity index (χ1v) is 2.97. The summed E-state index contributed by atoms with van der Waals surface area (Å²) in [5.74, 6) is 0. The average molecular weight is 124 g/mol. The second kappa shape index (κ2) is 5.17. The maximum atomic E-state index is 8.13. The summed E-state index contributed by atoms with van der Waals surface area (Å²) in [7, 11) is 3.92. The molecule has 0 bridgehead atoms. The third-order valence-corrected chi connectivity index (χ3v) is 0.826. The summed E-state index contributed by atoms with van der Waals surface area (Å²) in [5, 5.41) is 8.13. The molecule has 0 rings (SSSR count). The quantitative estimate of drug-likeness (QED) is 0.531. The summed E-state index contributed by atoms with van der Waals surface area (Å²) >= 11 is 0. The lowest BCUT2D eigenvalue weighted by Gasteiger charge is -2.01. The van der Waals surface area contributed by atoms with E-state index in [1.807, 2.05) is 31.3 Å². The van der Waals surface area contributed by atoms with E-state index < -0.39 is 0 Å². The Balaban J connectivity index is 3.17. The fourth-order valence-corrected chi connectivity index (χ4v) is 0.433. The number of rotatable bonds is 3. The van der Waals surface area contributed by atoms with Crippen molar-refractivity contribution in [3.8, 4) is 6.07 Å². The highest BCUT2D eigenvalue weighted by molar-refractivity contribution is 4.83. The Kier molecular flexibility index (Phi) is 4.61. The molecule has 2 nitrogen and oxygen atoms in total. The van der Waals surface area contributed by atoms with Crippen LogP contribution in [0, 0.1) is 11.3 Å². The monoisotopic (exact) mass is 124 g/mol. The van der Waals surface area contributed by atoms with Crippen molar-refractivity contribution >= 4 is 0 Å². The molecule has 2 heteroatoms. The summed E-state index contributed by atoms with van der Waals surface area (Å²) in [5.41, 5.74) is 0. The molecule has 0 aromatic heterocycles. The molecule has 0 unspecified atom stereocenters. The molecule has 0 atom stereocenters. The van der Waals surface area contributed by atoms with Crippen LogP contribution in [0.5, 0.6) is 0 Å². The predicted octanol–water partition coefficient (Wildman–Crippen LogP) is 1.37. The highest BCUT2D eigenvalue weighted by Crippen LogP contribution is 1.88. The first-order valence-electron chi connectivity index (χ1n) is 2.97. The SMILES string of the molecule is CN(C)C=CCCC#N. The molecule has 0 aliphatic carbocycles. The van der Waals surface area contributed by atoms with Crippen molar-refractivity contribution < 1.29 is 0 Å². The number of nitrogens with zero attached hydrogens (tertiary/aromatic N) is 2. The Morgan fingerprint density at radius 1 is 1.56 bits per heavy atom. The van der Waals surface area contributed by atoms with Crippen LogP contribution in [0.3, 0.4) is 0 Å². The first kappa shape index (κ1) is 8.03. The van der Waals surface area contributed by atoms with E-state index in [4.69, 9.17) is 5.26 Å². The molecule has 50 valence electrons. The minimum absolute atomic E-state index is 0.615. The van der Waals surface area contributed by atoms with Gasteiger partial charge in [0.15, 0.2) is 0 Å². The van der Waals surface area contributed by atoms with Gasteiger partial charge in [0.1, 0.15) is 0 Å². The van der Waals surface area contributed by atoms with E-state index in [9.17, 15) is 0 Å². The topological polar surface area (TPSA) is 27.0 Å². The zero-order valence-electron chi connectivity index (χ0n) is 5.96. The van der Waals surface area contributed by atoms with Gasteiger partial charge in [-0.15, -0.1) is 0 Å². The largest absolute Gasteiger partial charge is 0.384 e. The van der Waals surface area contributed by atoms with Gasteiger partial charge in [0.25, 0.3) is 0 Å². The summed E-state index contributed by atoms with van der Waals surface area (Å²) in [6.45, 7) is 0. The molecular formula is C7H12N2. The van der Waals surface area contributed by atoms with Crippen LogP contribution in [0.25, 0.3) is 0 Å². The Morgan fingerprint density at radius 3 is 2.67 bits per heavy atom. The highest BCUT2D eigenvalue weighted by Gasteiger charge is 1.77. The number of nitriles is 1. The third-order valence-electron chi connectivity index (χ3n) is 0.826. The molecule has 9 heavy (non-hydrogen) atoms. The van der Waals surface area contributed by atoms with E-state index >= 15 is 0 Å². The standard InChI is InChI=1S/C7H12N2/c1-9(2)7-5-3-4-6-8/h5,7H,3-4H2,1-2H3. The number of hydrogen-bond acceptors (Lipinski definition) is 2. The van der Waals surface area contributed by atoms with Gasteiger partial charge in [0.2, 0.25) is 0 Å². The van der Waals surface area contributed by atoms with Gasteiger partial charge < -0.3 is 4.90 Å². The lowest BCUT2D eigenvalue weighted by Crippen LogP contribution is -1.99. The molecule has 0 N–H and O–H groups in total. The minimum Gasteiger partial charge on any atom is -0.384 e. The van der Waals surface area contributed by atoms with E-state index in [1.165, 1.54) is 0 Å². The van der Waals surface area contributed by atoms with E-state index in [0.717, 1.165) is 6.42 Å². The fourth-order valence-electron chi connectivity index (χ4n) is 0.433. The molecule has 0 aliphatic rings. The van der Waals surface area contributed by atoms with Crippen LogP contribution in [0.1, 0.15) is 12.8 Å². The average Bonchev–Trinajstić information content (AvgIpc) is 1.80. The van der Waals surface area contributed by atoms with E-state index in [-0.39, 0.29) is 0 Å². The molecule has 0 heterocycles. The van der Waals surface area contributed by atoms with Crippen LogP contribution in [-0.4, -0.2) is 19.0 Å². The summed E-state index contributed by atoms with van der Waals surface area (Å²) in [6.07, 6.45) is 5.42. The van der Waals surface area contributed by atoms with Crippen LogP contribution in [0.4, 0.5) is 0 Å². The molecule has 0 aromatic rings.